The molecule has 5 nitrogen and oxygen atoms in total. The van der Waals surface area contributed by atoms with Gasteiger partial charge in [-0.3, -0.25) is 14.6 Å². The number of amides is 1. The van der Waals surface area contributed by atoms with Crippen molar-refractivity contribution in [1.29, 1.82) is 0 Å². The molecule has 1 aliphatic rings. The van der Waals surface area contributed by atoms with Gasteiger partial charge in [0.2, 0.25) is 5.91 Å². The van der Waals surface area contributed by atoms with Crippen LogP contribution in [0, 0.1) is 0 Å². The summed E-state index contributed by atoms with van der Waals surface area (Å²) in [7, 11) is 1.82. The van der Waals surface area contributed by atoms with E-state index in [1.165, 1.54) is 0 Å². The van der Waals surface area contributed by atoms with Crippen LogP contribution >= 0.6 is 12.2 Å². The SMILES string of the molecule is CCN(CC)C1CCN(CC(=O)N(C)CCC(N)=S)C1. The first-order valence-electron chi connectivity index (χ1n) is 7.46. The van der Waals surface area contributed by atoms with E-state index in [0.29, 0.717) is 30.5 Å². The van der Waals surface area contributed by atoms with Crippen molar-refractivity contribution in [1.82, 2.24) is 14.7 Å². The Morgan fingerprint density at radius 1 is 1.40 bits per heavy atom. The maximum atomic E-state index is 12.1. The van der Waals surface area contributed by atoms with Gasteiger partial charge in [-0.15, -0.1) is 0 Å². The molecule has 0 bridgehead atoms. The summed E-state index contributed by atoms with van der Waals surface area (Å²) in [4.78, 5) is 19.0. The number of nitrogens with zero attached hydrogens (tertiary/aromatic N) is 3. The van der Waals surface area contributed by atoms with Crippen molar-refractivity contribution in [3.05, 3.63) is 0 Å². The van der Waals surface area contributed by atoms with Gasteiger partial charge in [0.1, 0.15) is 0 Å². The van der Waals surface area contributed by atoms with Gasteiger partial charge in [0, 0.05) is 39.1 Å². The van der Waals surface area contributed by atoms with E-state index in [0.717, 1.165) is 32.6 Å². The number of nitrogens with two attached hydrogens (primary N) is 1. The minimum atomic E-state index is 0.154. The van der Waals surface area contributed by atoms with Crippen molar-refractivity contribution in [2.75, 3.05) is 46.3 Å². The van der Waals surface area contributed by atoms with Crippen LogP contribution in [0.15, 0.2) is 0 Å². The van der Waals surface area contributed by atoms with Crippen molar-refractivity contribution in [2.24, 2.45) is 5.73 Å². The third kappa shape index (κ3) is 5.34. The van der Waals surface area contributed by atoms with Crippen LogP contribution in [-0.2, 0) is 4.79 Å². The van der Waals surface area contributed by atoms with Crippen molar-refractivity contribution in [3.63, 3.8) is 0 Å². The summed E-state index contributed by atoms with van der Waals surface area (Å²) >= 11 is 4.84. The molecular weight excluding hydrogens is 272 g/mol. The van der Waals surface area contributed by atoms with Crippen LogP contribution in [-0.4, -0.2) is 78.0 Å². The maximum Gasteiger partial charge on any atom is 0.236 e. The van der Waals surface area contributed by atoms with Gasteiger partial charge in [-0.2, -0.15) is 0 Å². The number of hydrogen-bond acceptors (Lipinski definition) is 4. The largest absolute Gasteiger partial charge is 0.393 e. The van der Waals surface area contributed by atoms with Crippen molar-refractivity contribution >= 4 is 23.1 Å². The fourth-order valence-corrected chi connectivity index (χ4v) is 2.80. The normalized spacial score (nSPS) is 19.5. The third-order valence-corrected chi connectivity index (χ3v) is 4.26. The molecule has 1 unspecified atom stereocenters. The average Bonchev–Trinajstić information content (AvgIpc) is 2.85. The zero-order valence-corrected chi connectivity index (χ0v) is 13.8. The van der Waals surface area contributed by atoms with Crippen LogP contribution in [0.1, 0.15) is 26.7 Å². The molecule has 1 amide bonds. The second-order valence-electron chi connectivity index (χ2n) is 5.43. The molecule has 0 saturated carbocycles. The lowest BCUT2D eigenvalue weighted by molar-refractivity contribution is -0.130. The van der Waals surface area contributed by atoms with Gasteiger partial charge in [0.25, 0.3) is 0 Å². The number of rotatable bonds is 8. The molecule has 116 valence electrons. The number of hydrogen-bond donors (Lipinski definition) is 1. The van der Waals surface area contributed by atoms with Crippen molar-refractivity contribution in [3.8, 4) is 0 Å². The summed E-state index contributed by atoms with van der Waals surface area (Å²) in [5.41, 5.74) is 5.46. The maximum absolute atomic E-state index is 12.1. The van der Waals surface area contributed by atoms with E-state index in [-0.39, 0.29) is 5.91 Å². The Balaban J connectivity index is 2.35. The predicted molar refractivity (Wildman–Crippen MR) is 86.8 cm³/mol. The van der Waals surface area contributed by atoms with E-state index in [2.05, 4.69) is 23.6 Å². The molecule has 0 spiro atoms. The Bertz CT molecular complexity index is 333. The highest BCUT2D eigenvalue weighted by atomic mass is 32.1. The summed E-state index contributed by atoms with van der Waals surface area (Å²) < 4.78 is 0. The van der Waals surface area contributed by atoms with Gasteiger partial charge in [-0.25, -0.2) is 0 Å². The molecule has 0 aliphatic carbocycles. The van der Waals surface area contributed by atoms with Gasteiger partial charge < -0.3 is 10.6 Å². The van der Waals surface area contributed by atoms with Gasteiger partial charge >= 0.3 is 0 Å². The molecule has 1 atom stereocenters. The summed E-state index contributed by atoms with van der Waals surface area (Å²) in [6.45, 7) is 9.68. The molecule has 1 saturated heterocycles. The van der Waals surface area contributed by atoms with Crippen molar-refractivity contribution < 1.29 is 4.79 Å². The monoisotopic (exact) mass is 300 g/mol. The van der Waals surface area contributed by atoms with Crippen LogP contribution < -0.4 is 5.73 Å². The second kappa shape index (κ2) is 8.54. The summed E-state index contributed by atoms with van der Waals surface area (Å²) in [6.07, 6.45) is 1.76. The van der Waals surface area contributed by atoms with Crippen molar-refractivity contribution in [2.45, 2.75) is 32.7 Å². The highest BCUT2D eigenvalue weighted by Crippen LogP contribution is 2.15. The van der Waals surface area contributed by atoms with Gasteiger partial charge in [0.15, 0.2) is 0 Å². The molecular formula is C14H28N4OS. The topological polar surface area (TPSA) is 52.8 Å². The number of likely N-dealkylation sites (tertiary alicyclic amines) is 1. The van der Waals surface area contributed by atoms with Gasteiger partial charge in [-0.1, -0.05) is 26.1 Å². The molecule has 1 rings (SSSR count). The first-order chi connectivity index (χ1) is 9.47. The van der Waals surface area contributed by atoms with Gasteiger partial charge in [0.05, 0.1) is 11.5 Å². The Morgan fingerprint density at radius 3 is 2.60 bits per heavy atom. The summed E-state index contributed by atoms with van der Waals surface area (Å²) in [5, 5.41) is 0. The summed E-state index contributed by atoms with van der Waals surface area (Å²) in [6, 6.07) is 0.597. The molecule has 2 N–H and O–H groups in total. The van der Waals surface area contributed by atoms with E-state index in [1.54, 1.807) is 4.90 Å². The van der Waals surface area contributed by atoms with Crippen LogP contribution in [0.2, 0.25) is 0 Å². The minimum Gasteiger partial charge on any atom is -0.393 e. The fraction of sp³-hybridized carbons (Fsp3) is 0.857. The van der Waals surface area contributed by atoms with Crippen LogP contribution in [0.25, 0.3) is 0 Å². The molecule has 1 fully saturated rings. The second-order valence-corrected chi connectivity index (χ2v) is 5.95. The molecule has 1 heterocycles. The lowest BCUT2D eigenvalue weighted by Crippen LogP contribution is -2.41. The highest BCUT2D eigenvalue weighted by molar-refractivity contribution is 7.80. The Labute approximate surface area is 128 Å². The Morgan fingerprint density at radius 2 is 2.05 bits per heavy atom. The Kier molecular flexibility index (Phi) is 7.40. The lowest BCUT2D eigenvalue weighted by Gasteiger charge is -2.26. The van der Waals surface area contributed by atoms with Gasteiger partial charge in [-0.05, 0) is 19.5 Å². The number of likely N-dealkylation sites (N-methyl/N-ethyl adjacent to an activating group) is 2. The molecule has 1 aliphatic heterocycles. The number of thiocarbonyl (C=S) groups is 1. The van der Waals surface area contributed by atoms with E-state index >= 15 is 0 Å². The molecule has 20 heavy (non-hydrogen) atoms. The first-order valence-corrected chi connectivity index (χ1v) is 7.87. The number of carbonyl (C=O) groups excluding carboxylic acids is 1. The first kappa shape index (κ1) is 17.3. The zero-order valence-electron chi connectivity index (χ0n) is 13.0. The van der Waals surface area contributed by atoms with E-state index in [1.807, 2.05) is 7.05 Å². The minimum absolute atomic E-state index is 0.154. The average molecular weight is 300 g/mol. The summed E-state index contributed by atoms with van der Waals surface area (Å²) in [5.74, 6) is 0.154. The predicted octanol–water partition coefficient (Wildman–Crippen LogP) is 0.537. The lowest BCUT2D eigenvalue weighted by atomic mass is 10.2. The van der Waals surface area contributed by atoms with Crippen LogP contribution in [0.4, 0.5) is 0 Å². The highest BCUT2D eigenvalue weighted by Gasteiger charge is 2.27. The van der Waals surface area contributed by atoms with E-state index in [9.17, 15) is 4.79 Å². The fourth-order valence-electron chi connectivity index (χ4n) is 2.71. The van der Waals surface area contributed by atoms with Crippen LogP contribution in [0.5, 0.6) is 0 Å². The van der Waals surface area contributed by atoms with E-state index in [4.69, 9.17) is 18.0 Å². The molecule has 0 aromatic rings. The molecule has 0 radical (unpaired) electrons. The zero-order chi connectivity index (χ0) is 15.1. The molecule has 6 heteroatoms. The number of carbonyl (C=O) groups is 1. The third-order valence-electron chi connectivity index (χ3n) is 4.05. The smallest absolute Gasteiger partial charge is 0.236 e. The quantitative estimate of drug-likeness (QED) is 0.663. The standard InChI is InChI=1S/C14H28N4OS/c1-4-18(5-2)12-6-9-17(10-12)11-14(19)16(3)8-7-13(15)20/h12H,4-11H2,1-3H3,(H2,15,20). The van der Waals surface area contributed by atoms with Crippen LogP contribution in [0.3, 0.4) is 0 Å². The van der Waals surface area contributed by atoms with E-state index < -0.39 is 0 Å². The molecule has 0 aromatic carbocycles. The molecule has 0 aromatic heterocycles. The Hall–Kier alpha value is -0.720.